The Kier molecular flexibility index (Phi) is 10.3. The maximum atomic E-state index is 13.5. The van der Waals surface area contributed by atoms with Crippen LogP contribution < -0.4 is 5.32 Å². The predicted octanol–water partition coefficient (Wildman–Crippen LogP) is 1.36. The summed E-state index contributed by atoms with van der Waals surface area (Å²) in [6.45, 7) is 6.90. The number of methoxy groups -OCH3 is 4. The number of rotatable bonds is 12. The molecule has 2 rings (SSSR count). The van der Waals surface area contributed by atoms with Crippen LogP contribution in [-0.2, 0) is 42.9 Å². The van der Waals surface area contributed by atoms with Gasteiger partial charge in [0.1, 0.15) is 0 Å². The number of ether oxygens (including phenoxy) is 4. The molecule has 0 aromatic heterocycles. The monoisotopic (exact) mass is 554 g/mol. The van der Waals surface area contributed by atoms with Gasteiger partial charge in [-0.1, -0.05) is 13.8 Å². The first-order chi connectivity index (χ1) is 18.1. The zero-order chi connectivity index (χ0) is 29.8. The highest BCUT2D eigenvalue weighted by Gasteiger charge is 2.67. The molecular formula is C27H42N2O10. The minimum Gasteiger partial charge on any atom is -0.469 e. The molecule has 2 N–H and O–H groups in total. The van der Waals surface area contributed by atoms with Crippen LogP contribution in [0.2, 0.25) is 0 Å². The van der Waals surface area contributed by atoms with Crippen LogP contribution in [0.1, 0.15) is 66.2 Å². The molecule has 12 nitrogen and oxygen atoms in total. The van der Waals surface area contributed by atoms with Crippen LogP contribution in [0, 0.1) is 22.7 Å². The van der Waals surface area contributed by atoms with E-state index in [9.17, 15) is 29.1 Å². The van der Waals surface area contributed by atoms with E-state index in [1.54, 1.807) is 20.8 Å². The molecule has 0 aromatic carbocycles. The van der Waals surface area contributed by atoms with E-state index in [1.807, 2.05) is 6.92 Å². The minimum atomic E-state index is -1.22. The Bertz CT molecular complexity index is 1010. The van der Waals surface area contributed by atoms with Crippen molar-refractivity contribution < 1.29 is 48.0 Å². The molecule has 2 heterocycles. The highest BCUT2D eigenvalue weighted by atomic mass is 16.5. The number of nitrogens with zero attached hydrogens (tertiary/aromatic N) is 1. The lowest BCUT2D eigenvalue weighted by molar-refractivity contribution is -0.147. The van der Waals surface area contributed by atoms with E-state index in [2.05, 4.69) is 5.32 Å². The van der Waals surface area contributed by atoms with Crippen molar-refractivity contribution in [1.82, 2.24) is 5.32 Å². The summed E-state index contributed by atoms with van der Waals surface area (Å²) < 4.78 is 19.6. The largest absolute Gasteiger partial charge is 0.469 e. The molecule has 2 aliphatic heterocycles. The summed E-state index contributed by atoms with van der Waals surface area (Å²) in [4.78, 5) is 67.8. The standard InChI is InChI=1S/C27H42N2O10/c1-15(30)22-25(2,12-11-19(32)37-6)17(13-20(33)38-7)23(28-22)27(4)26(3,14-21(34)39-8)16(24(35)29-27)9-10-18(31)36-5/h15-17,23,30H,9-14H2,1-8H3,(H,29,35). The Labute approximate surface area is 229 Å². The molecule has 2 aliphatic rings. The van der Waals surface area contributed by atoms with Crippen LogP contribution in [-0.4, -0.2) is 86.7 Å². The van der Waals surface area contributed by atoms with Gasteiger partial charge in [-0.25, -0.2) is 0 Å². The quantitative estimate of drug-likeness (QED) is 0.265. The Balaban J connectivity index is 2.71. The third-order valence-electron chi connectivity index (χ3n) is 9.00. The zero-order valence-electron chi connectivity index (χ0n) is 24.1. The fraction of sp³-hybridized carbons (Fsp3) is 0.778. The fourth-order valence-corrected chi connectivity index (χ4v) is 6.46. The van der Waals surface area contributed by atoms with Crippen LogP contribution in [0.3, 0.4) is 0 Å². The lowest BCUT2D eigenvalue weighted by Crippen LogP contribution is -2.60. The number of aliphatic hydroxyl groups excluding tert-OH is 1. The van der Waals surface area contributed by atoms with Crippen molar-refractivity contribution in [2.75, 3.05) is 28.4 Å². The van der Waals surface area contributed by atoms with E-state index in [-0.39, 0.29) is 44.4 Å². The minimum absolute atomic E-state index is 0.00733. The third kappa shape index (κ3) is 6.10. The van der Waals surface area contributed by atoms with Crippen LogP contribution in [0.4, 0.5) is 0 Å². The zero-order valence-corrected chi connectivity index (χ0v) is 24.1. The van der Waals surface area contributed by atoms with E-state index in [0.717, 1.165) is 0 Å². The number of amides is 1. The van der Waals surface area contributed by atoms with Gasteiger partial charge in [-0.05, 0) is 26.7 Å². The molecule has 7 atom stereocenters. The Morgan fingerprint density at radius 1 is 0.923 bits per heavy atom. The van der Waals surface area contributed by atoms with Crippen molar-refractivity contribution >= 4 is 35.5 Å². The van der Waals surface area contributed by atoms with Crippen molar-refractivity contribution in [3.8, 4) is 0 Å². The molecule has 0 bridgehead atoms. The summed E-state index contributed by atoms with van der Waals surface area (Å²) >= 11 is 0. The first-order valence-electron chi connectivity index (χ1n) is 13.0. The van der Waals surface area contributed by atoms with E-state index < -0.39 is 64.2 Å². The van der Waals surface area contributed by atoms with Crippen LogP contribution in [0.25, 0.3) is 0 Å². The van der Waals surface area contributed by atoms with Crippen LogP contribution >= 0.6 is 0 Å². The number of aliphatic hydroxyl groups is 1. The van der Waals surface area contributed by atoms with Gasteiger partial charge in [-0.3, -0.25) is 29.0 Å². The van der Waals surface area contributed by atoms with Crippen LogP contribution in [0.15, 0.2) is 4.99 Å². The second kappa shape index (κ2) is 12.4. The summed E-state index contributed by atoms with van der Waals surface area (Å²) in [5.41, 5.74) is -2.92. The van der Waals surface area contributed by atoms with Gasteiger partial charge in [0.25, 0.3) is 0 Å². The molecule has 12 heteroatoms. The lowest BCUT2D eigenvalue weighted by atomic mass is 9.57. The highest BCUT2D eigenvalue weighted by molar-refractivity contribution is 5.97. The number of nitrogens with one attached hydrogen (secondary N) is 1. The summed E-state index contributed by atoms with van der Waals surface area (Å²) in [5, 5.41) is 13.8. The normalized spacial score (nSPS) is 32.6. The molecule has 0 aromatic rings. The number of carbonyl (C=O) groups is 5. The van der Waals surface area contributed by atoms with E-state index >= 15 is 0 Å². The Morgan fingerprint density at radius 2 is 1.46 bits per heavy atom. The topological polar surface area (TPSA) is 167 Å². The highest BCUT2D eigenvalue weighted by Crippen LogP contribution is 2.57. The van der Waals surface area contributed by atoms with Gasteiger partial charge in [0.05, 0.1) is 59.0 Å². The van der Waals surface area contributed by atoms with Gasteiger partial charge >= 0.3 is 23.9 Å². The van der Waals surface area contributed by atoms with Crippen molar-refractivity contribution in [1.29, 1.82) is 0 Å². The van der Waals surface area contributed by atoms with Crippen molar-refractivity contribution in [2.45, 2.75) is 83.9 Å². The van der Waals surface area contributed by atoms with Crippen molar-refractivity contribution in [3.05, 3.63) is 0 Å². The first-order valence-corrected chi connectivity index (χ1v) is 13.0. The molecule has 0 aliphatic carbocycles. The predicted molar refractivity (Wildman–Crippen MR) is 138 cm³/mol. The Morgan fingerprint density at radius 3 is 1.97 bits per heavy atom. The smallest absolute Gasteiger partial charge is 0.306 e. The molecule has 0 spiro atoms. The molecule has 220 valence electrons. The molecule has 39 heavy (non-hydrogen) atoms. The average molecular weight is 555 g/mol. The second-order valence-electron chi connectivity index (χ2n) is 11.0. The van der Waals surface area contributed by atoms with Crippen LogP contribution in [0.5, 0.6) is 0 Å². The van der Waals surface area contributed by atoms with Gasteiger partial charge < -0.3 is 29.4 Å². The first kappa shape index (κ1) is 32.2. The van der Waals surface area contributed by atoms with Gasteiger partial charge in [0.15, 0.2) is 0 Å². The molecule has 7 unspecified atom stereocenters. The van der Waals surface area contributed by atoms with Gasteiger partial charge in [-0.2, -0.15) is 0 Å². The number of hydrogen-bond donors (Lipinski definition) is 2. The van der Waals surface area contributed by atoms with Gasteiger partial charge in [0, 0.05) is 41.2 Å². The molecule has 1 amide bonds. The molecule has 1 saturated heterocycles. The third-order valence-corrected chi connectivity index (χ3v) is 9.00. The maximum Gasteiger partial charge on any atom is 0.306 e. The second-order valence-corrected chi connectivity index (χ2v) is 11.0. The number of esters is 4. The lowest BCUT2D eigenvalue weighted by Gasteiger charge is -2.48. The van der Waals surface area contributed by atoms with E-state index in [4.69, 9.17) is 23.9 Å². The van der Waals surface area contributed by atoms with E-state index in [0.29, 0.717) is 5.71 Å². The maximum absolute atomic E-state index is 13.5. The summed E-state index contributed by atoms with van der Waals surface area (Å²) in [7, 11) is 5.05. The van der Waals surface area contributed by atoms with Crippen molar-refractivity contribution in [3.63, 3.8) is 0 Å². The van der Waals surface area contributed by atoms with Crippen molar-refractivity contribution in [2.24, 2.45) is 27.7 Å². The number of hydrogen-bond acceptors (Lipinski definition) is 11. The average Bonchev–Trinajstić information content (AvgIpc) is 3.28. The number of carbonyl (C=O) groups excluding carboxylic acids is 5. The Hall–Kier alpha value is -3.02. The number of aliphatic imine (C=N–C) groups is 1. The fourth-order valence-electron chi connectivity index (χ4n) is 6.46. The van der Waals surface area contributed by atoms with Gasteiger partial charge in [-0.15, -0.1) is 0 Å². The van der Waals surface area contributed by atoms with Gasteiger partial charge in [0.2, 0.25) is 5.91 Å². The molecule has 0 radical (unpaired) electrons. The molecule has 1 fully saturated rings. The summed E-state index contributed by atoms with van der Waals surface area (Å²) in [5.74, 6) is -3.82. The summed E-state index contributed by atoms with van der Waals surface area (Å²) in [6, 6.07) is -0.800. The van der Waals surface area contributed by atoms with E-state index in [1.165, 1.54) is 28.4 Å². The SMILES string of the molecule is COC(=O)CCC1C(=O)NC(C)(C2N=C(C(C)O)C(C)(CCC(=O)OC)C2CC(=O)OC)C1(C)CC(=O)OC. The summed E-state index contributed by atoms with van der Waals surface area (Å²) in [6.07, 6.45) is -1.03. The molecule has 0 saturated carbocycles. The molecular weight excluding hydrogens is 512 g/mol.